The number of aromatic nitrogens is 1. The van der Waals surface area contributed by atoms with Crippen LogP contribution in [0.3, 0.4) is 0 Å². The highest BCUT2D eigenvalue weighted by Crippen LogP contribution is 2.18. The van der Waals surface area contributed by atoms with Crippen LogP contribution in [0.1, 0.15) is 5.69 Å². The Hall–Kier alpha value is -2.15. The first-order valence-corrected chi connectivity index (χ1v) is 3.91. The monoisotopic (exact) mass is 188 g/mol. The molecule has 1 aromatic heterocycles. The summed E-state index contributed by atoms with van der Waals surface area (Å²) in [4.78, 5) is 3.88. The van der Waals surface area contributed by atoms with Gasteiger partial charge in [-0.3, -0.25) is 0 Å². The third-order valence-corrected chi connectivity index (χ3v) is 1.71. The molecule has 2 aromatic rings. The summed E-state index contributed by atoms with van der Waals surface area (Å²) < 4.78 is 17.6. The molecule has 68 valence electrons. The lowest BCUT2D eigenvalue weighted by atomic mass is 10.2. The number of halogens is 1. The van der Waals surface area contributed by atoms with Gasteiger partial charge in [0.15, 0.2) is 5.69 Å². The molecule has 3 nitrogen and oxygen atoms in total. The fourth-order valence-electron chi connectivity index (χ4n) is 1.05. The highest BCUT2D eigenvalue weighted by atomic mass is 19.1. The lowest BCUT2D eigenvalue weighted by molar-refractivity contribution is 0.573. The number of nitriles is 1. The third-order valence-electron chi connectivity index (χ3n) is 1.71. The molecule has 14 heavy (non-hydrogen) atoms. The van der Waals surface area contributed by atoms with E-state index in [4.69, 9.17) is 9.68 Å². The molecule has 0 amide bonds. The number of hydrogen-bond acceptors (Lipinski definition) is 3. The Kier molecular flexibility index (Phi) is 1.99. The van der Waals surface area contributed by atoms with Gasteiger partial charge in [0.25, 0.3) is 0 Å². The van der Waals surface area contributed by atoms with Crippen LogP contribution >= 0.6 is 0 Å². The summed E-state index contributed by atoms with van der Waals surface area (Å²) in [6.07, 6.45) is 1.26. The molecule has 2 rings (SSSR count). The third kappa shape index (κ3) is 1.48. The predicted molar refractivity (Wildman–Crippen MR) is 46.6 cm³/mol. The van der Waals surface area contributed by atoms with Gasteiger partial charge in [-0.15, -0.1) is 0 Å². The zero-order valence-corrected chi connectivity index (χ0v) is 7.07. The maximum Gasteiger partial charge on any atom is 0.227 e. The van der Waals surface area contributed by atoms with Crippen molar-refractivity contribution in [3.8, 4) is 17.5 Å². The summed E-state index contributed by atoms with van der Waals surface area (Å²) in [7, 11) is 0. The van der Waals surface area contributed by atoms with Crippen LogP contribution in [-0.4, -0.2) is 4.98 Å². The summed E-state index contributed by atoms with van der Waals surface area (Å²) in [6, 6.07) is 7.56. The molecule has 0 bridgehead atoms. The van der Waals surface area contributed by atoms with E-state index in [0.29, 0.717) is 11.5 Å². The van der Waals surface area contributed by atoms with E-state index >= 15 is 0 Å². The molecular formula is C10H5FN2O. The molecule has 1 aromatic carbocycles. The molecular weight excluding hydrogens is 183 g/mol. The normalized spacial score (nSPS) is 9.71. The van der Waals surface area contributed by atoms with Gasteiger partial charge < -0.3 is 4.42 Å². The first-order valence-electron chi connectivity index (χ1n) is 3.91. The van der Waals surface area contributed by atoms with E-state index in [9.17, 15) is 4.39 Å². The van der Waals surface area contributed by atoms with Crippen LogP contribution in [-0.2, 0) is 0 Å². The predicted octanol–water partition coefficient (Wildman–Crippen LogP) is 2.35. The molecule has 0 fully saturated rings. The zero-order valence-electron chi connectivity index (χ0n) is 7.07. The molecule has 0 saturated heterocycles. The molecule has 0 saturated carbocycles. The average Bonchev–Trinajstić information content (AvgIpc) is 2.67. The fourth-order valence-corrected chi connectivity index (χ4v) is 1.05. The van der Waals surface area contributed by atoms with Gasteiger partial charge in [0.05, 0.1) is 0 Å². The summed E-state index contributed by atoms with van der Waals surface area (Å²) in [5, 5.41) is 8.51. The summed E-state index contributed by atoms with van der Waals surface area (Å²) in [5.74, 6) is 0.00219. The zero-order chi connectivity index (χ0) is 9.97. The number of oxazole rings is 1. The van der Waals surface area contributed by atoms with Gasteiger partial charge in [-0.25, -0.2) is 4.39 Å². The van der Waals surface area contributed by atoms with E-state index in [0.717, 1.165) is 0 Å². The fraction of sp³-hybridized carbons (Fsp3) is 0. The largest absolute Gasteiger partial charge is 0.443 e. The molecule has 0 aliphatic rings. The number of nitrogens with zero attached hydrogens (tertiary/aromatic N) is 2. The van der Waals surface area contributed by atoms with Crippen LogP contribution in [0.5, 0.6) is 0 Å². The van der Waals surface area contributed by atoms with E-state index < -0.39 is 0 Å². The molecule has 1 heterocycles. The van der Waals surface area contributed by atoms with E-state index in [1.54, 1.807) is 12.1 Å². The van der Waals surface area contributed by atoms with Gasteiger partial charge in [0.1, 0.15) is 18.1 Å². The Bertz CT molecular complexity index is 482. The Labute approximate surface area is 79.4 Å². The maximum absolute atomic E-state index is 12.6. The standard InChI is InChI=1S/C10H5FN2O/c11-8-3-1-7(2-4-8)10-13-9(5-12)6-14-10/h1-4,6H. The minimum atomic E-state index is -0.319. The summed E-state index contributed by atoms with van der Waals surface area (Å²) in [6.45, 7) is 0. The van der Waals surface area contributed by atoms with Gasteiger partial charge in [0.2, 0.25) is 5.89 Å². The quantitative estimate of drug-likeness (QED) is 0.690. The van der Waals surface area contributed by atoms with Gasteiger partial charge in [-0.2, -0.15) is 10.2 Å². The van der Waals surface area contributed by atoms with Gasteiger partial charge in [0, 0.05) is 5.56 Å². The average molecular weight is 188 g/mol. The lowest BCUT2D eigenvalue weighted by Gasteiger charge is -1.93. The Morgan fingerprint density at radius 3 is 2.57 bits per heavy atom. The van der Waals surface area contributed by atoms with Crippen molar-refractivity contribution in [3.63, 3.8) is 0 Å². The highest BCUT2D eigenvalue weighted by Gasteiger charge is 2.05. The van der Waals surface area contributed by atoms with Crippen LogP contribution in [0.4, 0.5) is 4.39 Å². The number of hydrogen-bond donors (Lipinski definition) is 0. The number of benzene rings is 1. The van der Waals surface area contributed by atoms with Gasteiger partial charge >= 0.3 is 0 Å². The van der Waals surface area contributed by atoms with Crippen molar-refractivity contribution in [1.29, 1.82) is 5.26 Å². The van der Waals surface area contributed by atoms with Crippen molar-refractivity contribution in [3.05, 3.63) is 42.0 Å². The summed E-state index contributed by atoms with van der Waals surface area (Å²) in [5.41, 5.74) is 0.859. The Morgan fingerprint density at radius 1 is 1.29 bits per heavy atom. The summed E-state index contributed by atoms with van der Waals surface area (Å²) >= 11 is 0. The van der Waals surface area contributed by atoms with Gasteiger partial charge in [-0.1, -0.05) is 0 Å². The topological polar surface area (TPSA) is 49.8 Å². The minimum absolute atomic E-state index is 0.212. The van der Waals surface area contributed by atoms with Crippen LogP contribution < -0.4 is 0 Å². The van der Waals surface area contributed by atoms with Crippen LogP contribution in [0, 0.1) is 17.1 Å². The molecule has 0 N–H and O–H groups in total. The second-order valence-corrected chi connectivity index (χ2v) is 2.66. The van der Waals surface area contributed by atoms with Crippen molar-refractivity contribution in [1.82, 2.24) is 4.98 Å². The smallest absolute Gasteiger partial charge is 0.227 e. The SMILES string of the molecule is N#Cc1coc(-c2ccc(F)cc2)n1. The first-order chi connectivity index (χ1) is 6.79. The van der Waals surface area contributed by atoms with Crippen molar-refractivity contribution >= 4 is 0 Å². The lowest BCUT2D eigenvalue weighted by Crippen LogP contribution is -1.79. The van der Waals surface area contributed by atoms with E-state index in [1.807, 2.05) is 6.07 Å². The minimum Gasteiger partial charge on any atom is -0.443 e. The Morgan fingerprint density at radius 2 is 2.00 bits per heavy atom. The second-order valence-electron chi connectivity index (χ2n) is 2.66. The van der Waals surface area contributed by atoms with Crippen molar-refractivity contribution < 1.29 is 8.81 Å². The molecule has 0 unspecified atom stereocenters. The molecule has 0 atom stereocenters. The molecule has 0 aliphatic heterocycles. The number of rotatable bonds is 1. The van der Waals surface area contributed by atoms with Crippen LogP contribution in [0.15, 0.2) is 34.9 Å². The van der Waals surface area contributed by atoms with E-state index in [-0.39, 0.29) is 11.5 Å². The van der Waals surface area contributed by atoms with Gasteiger partial charge in [-0.05, 0) is 24.3 Å². The second kappa shape index (κ2) is 3.30. The molecule has 4 heteroatoms. The maximum atomic E-state index is 12.6. The van der Waals surface area contributed by atoms with E-state index in [2.05, 4.69) is 4.98 Å². The van der Waals surface area contributed by atoms with Crippen molar-refractivity contribution in [2.45, 2.75) is 0 Å². The van der Waals surface area contributed by atoms with Crippen LogP contribution in [0.25, 0.3) is 11.5 Å². The highest BCUT2D eigenvalue weighted by molar-refractivity contribution is 5.53. The molecule has 0 spiro atoms. The van der Waals surface area contributed by atoms with Crippen molar-refractivity contribution in [2.75, 3.05) is 0 Å². The van der Waals surface area contributed by atoms with Crippen LogP contribution in [0.2, 0.25) is 0 Å². The molecule has 0 radical (unpaired) electrons. The Balaban J connectivity index is 2.40. The van der Waals surface area contributed by atoms with Crippen molar-refractivity contribution in [2.24, 2.45) is 0 Å². The first kappa shape index (κ1) is 8.45. The van der Waals surface area contributed by atoms with E-state index in [1.165, 1.54) is 18.4 Å². The molecule has 0 aliphatic carbocycles.